The molecule has 2 aromatic carbocycles. The molecule has 28 heavy (non-hydrogen) atoms. The summed E-state index contributed by atoms with van der Waals surface area (Å²) in [5.41, 5.74) is -0.110. The van der Waals surface area contributed by atoms with Gasteiger partial charge in [-0.05, 0) is 36.6 Å². The van der Waals surface area contributed by atoms with Gasteiger partial charge in [-0.1, -0.05) is 43.2 Å². The van der Waals surface area contributed by atoms with E-state index in [0.29, 0.717) is 24.0 Å². The number of rotatable bonds is 6. The van der Waals surface area contributed by atoms with Crippen LogP contribution in [0.25, 0.3) is 0 Å². The molecule has 2 aromatic rings. The molecule has 0 spiro atoms. The molecule has 148 valence electrons. The van der Waals surface area contributed by atoms with Gasteiger partial charge in [0.25, 0.3) is 0 Å². The van der Waals surface area contributed by atoms with Crippen molar-refractivity contribution in [3.63, 3.8) is 0 Å². The molecule has 0 unspecified atom stereocenters. The normalized spacial score (nSPS) is 16.4. The van der Waals surface area contributed by atoms with E-state index in [1.165, 1.54) is 25.3 Å². The second-order valence-electron chi connectivity index (χ2n) is 7.15. The van der Waals surface area contributed by atoms with E-state index in [1.807, 2.05) is 0 Å². The molecular formula is C22H23F2NO3. The first kappa shape index (κ1) is 20.0. The second-order valence-corrected chi connectivity index (χ2v) is 7.15. The van der Waals surface area contributed by atoms with Gasteiger partial charge >= 0.3 is 5.97 Å². The van der Waals surface area contributed by atoms with Crippen LogP contribution in [0.3, 0.4) is 0 Å². The summed E-state index contributed by atoms with van der Waals surface area (Å²) in [6.07, 6.45) is 2.70. The molecular weight excluding hydrogens is 364 g/mol. The van der Waals surface area contributed by atoms with Gasteiger partial charge in [0.2, 0.25) is 5.91 Å². The SMILES string of the molecule is COC(=O)[C@H](Cc1cccc(F)c1)NC(=O)C1(c2ccccc2F)CCCC1. The molecule has 1 aliphatic carbocycles. The Kier molecular flexibility index (Phi) is 6.07. The molecule has 0 aromatic heterocycles. The number of methoxy groups -OCH3 is 1. The highest BCUT2D eigenvalue weighted by Gasteiger charge is 2.45. The Hall–Kier alpha value is -2.76. The zero-order valence-corrected chi connectivity index (χ0v) is 15.7. The Balaban J connectivity index is 1.87. The van der Waals surface area contributed by atoms with E-state index in [0.717, 1.165) is 12.8 Å². The third-order valence-electron chi connectivity index (χ3n) is 5.40. The average Bonchev–Trinajstić information content (AvgIpc) is 3.18. The number of ether oxygens (including phenoxy) is 1. The smallest absolute Gasteiger partial charge is 0.328 e. The summed E-state index contributed by atoms with van der Waals surface area (Å²) in [6, 6.07) is 11.1. The number of hydrogen-bond donors (Lipinski definition) is 1. The fourth-order valence-electron chi connectivity index (χ4n) is 3.98. The lowest BCUT2D eigenvalue weighted by molar-refractivity contribution is -0.145. The Morgan fingerprint density at radius 2 is 1.82 bits per heavy atom. The van der Waals surface area contributed by atoms with E-state index in [-0.39, 0.29) is 6.42 Å². The molecule has 1 saturated carbocycles. The number of halogens is 2. The fraction of sp³-hybridized carbons (Fsp3) is 0.364. The highest BCUT2D eigenvalue weighted by molar-refractivity contribution is 5.92. The molecule has 1 aliphatic rings. The molecule has 6 heteroatoms. The maximum atomic E-state index is 14.5. The second kappa shape index (κ2) is 8.50. The third kappa shape index (κ3) is 4.06. The van der Waals surface area contributed by atoms with Gasteiger partial charge in [-0.3, -0.25) is 4.79 Å². The largest absolute Gasteiger partial charge is 0.467 e. The van der Waals surface area contributed by atoms with E-state index in [9.17, 15) is 18.4 Å². The van der Waals surface area contributed by atoms with Crippen LogP contribution in [0, 0.1) is 11.6 Å². The molecule has 1 atom stereocenters. The highest BCUT2D eigenvalue weighted by atomic mass is 19.1. The van der Waals surface area contributed by atoms with Gasteiger partial charge in [-0.25, -0.2) is 13.6 Å². The monoisotopic (exact) mass is 387 g/mol. The van der Waals surface area contributed by atoms with Crippen LogP contribution in [-0.2, 0) is 26.2 Å². The van der Waals surface area contributed by atoms with Gasteiger partial charge in [0.15, 0.2) is 0 Å². The van der Waals surface area contributed by atoms with Gasteiger partial charge in [0.05, 0.1) is 12.5 Å². The van der Waals surface area contributed by atoms with Gasteiger partial charge in [0.1, 0.15) is 17.7 Å². The molecule has 0 radical (unpaired) electrons. The van der Waals surface area contributed by atoms with Gasteiger partial charge < -0.3 is 10.1 Å². The van der Waals surface area contributed by atoms with Crippen molar-refractivity contribution in [1.82, 2.24) is 5.32 Å². The molecule has 0 heterocycles. The summed E-state index contributed by atoms with van der Waals surface area (Å²) >= 11 is 0. The Labute approximate surface area is 162 Å². The van der Waals surface area contributed by atoms with Crippen molar-refractivity contribution in [2.24, 2.45) is 0 Å². The number of benzene rings is 2. The van der Waals surface area contributed by atoms with Crippen molar-refractivity contribution in [3.8, 4) is 0 Å². The molecule has 0 saturated heterocycles. The van der Waals surface area contributed by atoms with Crippen molar-refractivity contribution < 1.29 is 23.1 Å². The summed E-state index contributed by atoms with van der Waals surface area (Å²) in [5.74, 6) is -1.88. The number of amides is 1. The standard InChI is InChI=1S/C22H23F2NO3/c1-28-20(26)19(14-15-7-6-8-16(23)13-15)25-21(27)22(11-4-5-12-22)17-9-2-3-10-18(17)24/h2-3,6-10,13,19H,4-5,11-12,14H2,1H3,(H,25,27)/t19-/m0/s1. The van der Waals surface area contributed by atoms with Crippen molar-refractivity contribution in [1.29, 1.82) is 0 Å². The summed E-state index contributed by atoms with van der Waals surface area (Å²) in [6.45, 7) is 0. The average molecular weight is 387 g/mol. The topological polar surface area (TPSA) is 55.4 Å². The quantitative estimate of drug-likeness (QED) is 0.770. The van der Waals surface area contributed by atoms with Gasteiger partial charge in [0, 0.05) is 12.0 Å². The lowest BCUT2D eigenvalue weighted by atomic mass is 9.77. The number of carbonyl (C=O) groups excluding carboxylic acids is 2. The summed E-state index contributed by atoms with van der Waals surface area (Å²) < 4.78 is 32.8. The fourth-order valence-corrected chi connectivity index (χ4v) is 3.98. The first-order valence-electron chi connectivity index (χ1n) is 9.34. The Morgan fingerprint density at radius 3 is 2.46 bits per heavy atom. The van der Waals surface area contributed by atoms with Crippen LogP contribution in [-0.4, -0.2) is 25.0 Å². The Morgan fingerprint density at radius 1 is 1.11 bits per heavy atom. The summed E-state index contributed by atoms with van der Waals surface area (Å²) in [5, 5.41) is 2.74. The lowest BCUT2D eigenvalue weighted by Gasteiger charge is -2.30. The van der Waals surface area contributed by atoms with E-state index in [1.54, 1.807) is 30.3 Å². The van der Waals surface area contributed by atoms with Crippen LogP contribution in [0.2, 0.25) is 0 Å². The first-order valence-corrected chi connectivity index (χ1v) is 9.34. The molecule has 1 amide bonds. The first-order chi connectivity index (χ1) is 13.5. The van der Waals surface area contributed by atoms with Crippen molar-refractivity contribution in [2.45, 2.75) is 43.6 Å². The molecule has 3 rings (SSSR count). The zero-order chi connectivity index (χ0) is 20.1. The molecule has 4 nitrogen and oxygen atoms in total. The van der Waals surface area contributed by atoms with E-state index in [2.05, 4.69) is 5.32 Å². The lowest BCUT2D eigenvalue weighted by Crippen LogP contribution is -2.51. The third-order valence-corrected chi connectivity index (χ3v) is 5.40. The molecule has 0 bridgehead atoms. The van der Waals surface area contributed by atoms with Gasteiger partial charge in [-0.2, -0.15) is 0 Å². The minimum absolute atomic E-state index is 0.0868. The zero-order valence-electron chi connectivity index (χ0n) is 15.7. The minimum atomic E-state index is -1.01. The van der Waals surface area contributed by atoms with Crippen molar-refractivity contribution >= 4 is 11.9 Å². The van der Waals surface area contributed by atoms with Crippen LogP contribution >= 0.6 is 0 Å². The maximum absolute atomic E-state index is 14.5. The molecule has 1 N–H and O–H groups in total. The predicted octanol–water partition coefficient (Wildman–Crippen LogP) is 3.68. The number of hydrogen-bond acceptors (Lipinski definition) is 3. The van der Waals surface area contributed by atoms with Crippen LogP contribution < -0.4 is 5.32 Å². The predicted molar refractivity (Wildman–Crippen MR) is 101 cm³/mol. The van der Waals surface area contributed by atoms with Crippen molar-refractivity contribution in [3.05, 3.63) is 71.3 Å². The summed E-state index contributed by atoms with van der Waals surface area (Å²) in [7, 11) is 1.23. The Bertz CT molecular complexity index is 862. The van der Waals surface area contributed by atoms with Crippen LogP contribution in [0.15, 0.2) is 48.5 Å². The number of nitrogens with one attached hydrogen (secondary N) is 1. The molecule has 0 aliphatic heterocycles. The van der Waals surface area contributed by atoms with E-state index < -0.39 is 35.0 Å². The van der Waals surface area contributed by atoms with Crippen molar-refractivity contribution in [2.75, 3.05) is 7.11 Å². The van der Waals surface area contributed by atoms with Gasteiger partial charge in [-0.15, -0.1) is 0 Å². The van der Waals surface area contributed by atoms with E-state index >= 15 is 0 Å². The van der Waals surface area contributed by atoms with E-state index in [4.69, 9.17) is 4.74 Å². The molecule has 1 fully saturated rings. The number of esters is 1. The maximum Gasteiger partial charge on any atom is 0.328 e. The van der Waals surface area contributed by atoms with Crippen LogP contribution in [0.4, 0.5) is 8.78 Å². The highest BCUT2D eigenvalue weighted by Crippen LogP contribution is 2.42. The minimum Gasteiger partial charge on any atom is -0.467 e. The van der Waals surface area contributed by atoms with Crippen LogP contribution in [0.1, 0.15) is 36.8 Å². The summed E-state index contributed by atoms with van der Waals surface area (Å²) in [4.78, 5) is 25.5. The van der Waals surface area contributed by atoms with Crippen LogP contribution in [0.5, 0.6) is 0 Å². The number of carbonyl (C=O) groups is 2.